The predicted molar refractivity (Wildman–Crippen MR) is 116 cm³/mol. The molecule has 1 aliphatic rings. The first kappa shape index (κ1) is 21.9. The standard InChI is InChI=1S/C22H20F3N5OS/c1-3-14-12(2)32-21(15(14)10-26)29-20(31)16-11-27-30-18(22(23,24)25)9-17(28-19(16)30)13-7-5-4-6-8-13/h4-8,11,17-18,28H,3,9H2,1-2H3,(H,29,31). The van der Waals surface area contributed by atoms with Crippen molar-refractivity contribution in [2.75, 3.05) is 10.6 Å². The second-order valence-electron chi connectivity index (χ2n) is 7.51. The molecule has 0 bridgehead atoms. The van der Waals surface area contributed by atoms with Crippen LogP contribution in [0.15, 0.2) is 36.5 Å². The SMILES string of the molecule is CCc1c(C)sc(NC(=O)c2cnn3c2NC(c2ccccc2)CC3C(F)(F)F)c1C#N. The summed E-state index contributed by atoms with van der Waals surface area (Å²) in [6, 6.07) is 8.41. The summed E-state index contributed by atoms with van der Waals surface area (Å²) in [7, 11) is 0. The summed E-state index contributed by atoms with van der Waals surface area (Å²) >= 11 is 1.27. The van der Waals surface area contributed by atoms with Gasteiger partial charge in [-0.05, 0) is 24.5 Å². The fourth-order valence-electron chi connectivity index (χ4n) is 4.01. The van der Waals surface area contributed by atoms with Crippen LogP contribution in [-0.2, 0) is 6.42 Å². The van der Waals surface area contributed by atoms with Gasteiger partial charge in [0.2, 0.25) is 0 Å². The van der Waals surface area contributed by atoms with Gasteiger partial charge in [-0.2, -0.15) is 23.5 Å². The van der Waals surface area contributed by atoms with E-state index in [2.05, 4.69) is 21.8 Å². The van der Waals surface area contributed by atoms with Crippen molar-refractivity contribution in [3.05, 3.63) is 63.7 Å². The number of hydrogen-bond acceptors (Lipinski definition) is 5. The molecule has 0 saturated heterocycles. The molecule has 2 unspecified atom stereocenters. The number of aryl methyl sites for hydroxylation is 1. The second-order valence-corrected chi connectivity index (χ2v) is 8.74. The van der Waals surface area contributed by atoms with Gasteiger partial charge in [-0.25, -0.2) is 4.68 Å². The number of hydrogen-bond donors (Lipinski definition) is 2. The van der Waals surface area contributed by atoms with Crippen LogP contribution in [0.3, 0.4) is 0 Å². The Morgan fingerprint density at radius 2 is 2.09 bits per heavy atom. The smallest absolute Gasteiger partial charge is 0.363 e. The molecular formula is C22H20F3N5OS. The molecule has 1 amide bonds. The number of carbonyl (C=O) groups excluding carboxylic acids is 1. The Morgan fingerprint density at radius 3 is 2.72 bits per heavy atom. The Balaban J connectivity index is 1.71. The van der Waals surface area contributed by atoms with E-state index in [1.54, 1.807) is 30.3 Å². The van der Waals surface area contributed by atoms with Gasteiger partial charge in [0.1, 0.15) is 22.5 Å². The Kier molecular flexibility index (Phi) is 5.69. The van der Waals surface area contributed by atoms with E-state index in [4.69, 9.17) is 0 Å². The van der Waals surface area contributed by atoms with Crippen LogP contribution in [0.5, 0.6) is 0 Å². The third-order valence-electron chi connectivity index (χ3n) is 5.59. The Labute approximate surface area is 186 Å². The summed E-state index contributed by atoms with van der Waals surface area (Å²) in [4.78, 5) is 13.9. The third kappa shape index (κ3) is 3.84. The largest absolute Gasteiger partial charge is 0.410 e. The summed E-state index contributed by atoms with van der Waals surface area (Å²) in [5.74, 6) is -0.610. The summed E-state index contributed by atoms with van der Waals surface area (Å²) in [6.07, 6.45) is -3.00. The van der Waals surface area contributed by atoms with Crippen molar-refractivity contribution in [1.29, 1.82) is 5.26 Å². The molecule has 3 aromatic rings. The topological polar surface area (TPSA) is 82.7 Å². The lowest BCUT2D eigenvalue weighted by Gasteiger charge is -2.34. The minimum Gasteiger partial charge on any atom is -0.363 e. The maximum Gasteiger partial charge on any atom is 0.410 e. The van der Waals surface area contributed by atoms with E-state index >= 15 is 0 Å². The number of nitrogens with zero attached hydrogens (tertiary/aromatic N) is 3. The highest BCUT2D eigenvalue weighted by atomic mass is 32.1. The molecule has 0 aliphatic carbocycles. The number of carbonyl (C=O) groups is 1. The molecule has 32 heavy (non-hydrogen) atoms. The number of fused-ring (bicyclic) bond motifs is 1. The van der Waals surface area contributed by atoms with E-state index in [9.17, 15) is 23.2 Å². The summed E-state index contributed by atoms with van der Waals surface area (Å²) in [5, 5.41) is 19.6. The Bertz CT molecular complexity index is 1190. The fraction of sp³-hybridized carbons (Fsp3) is 0.318. The third-order valence-corrected chi connectivity index (χ3v) is 6.65. The number of nitrogens with one attached hydrogen (secondary N) is 2. The van der Waals surface area contributed by atoms with Gasteiger partial charge >= 0.3 is 6.18 Å². The fourth-order valence-corrected chi connectivity index (χ4v) is 5.10. The van der Waals surface area contributed by atoms with Gasteiger partial charge in [-0.3, -0.25) is 4.79 Å². The lowest BCUT2D eigenvalue weighted by molar-refractivity contribution is -0.173. The molecule has 2 aromatic heterocycles. The van der Waals surface area contributed by atoms with Crippen LogP contribution in [0.2, 0.25) is 0 Å². The van der Waals surface area contributed by atoms with E-state index in [1.165, 1.54) is 11.3 Å². The average molecular weight is 459 g/mol. The lowest BCUT2D eigenvalue weighted by Crippen LogP contribution is -2.36. The number of thiophene rings is 1. The highest BCUT2D eigenvalue weighted by Crippen LogP contribution is 2.44. The predicted octanol–water partition coefficient (Wildman–Crippen LogP) is 5.60. The van der Waals surface area contributed by atoms with E-state index in [0.717, 1.165) is 21.3 Å². The summed E-state index contributed by atoms with van der Waals surface area (Å²) in [6.45, 7) is 3.78. The monoisotopic (exact) mass is 459 g/mol. The van der Waals surface area contributed by atoms with Gasteiger partial charge in [-0.15, -0.1) is 11.3 Å². The van der Waals surface area contributed by atoms with Crippen LogP contribution in [-0.4, -0.2) is 21.9 Å². The minimum atomic E-state index is -4.53. The van der Waals surface area contributed by atoms with E-state index in [-0.39, 0.29) is 17.8 Å². The van der Waals surface area contributed by atoms with Crippen molar-refractivity contribution in [2.24, 2.45) is 0 Å². The highest BCUT2D eigenvalue weighted by molar-refractivity contribution is 7.16. The minimum absolute atomic E-state index is 0.00660. The molecule has 1 aromatic carbocycles. The van der Waals surface area contributed by atoms with Crippen molar-refractivity contribution in [3.8, 4) is 6.07 Å². The van der Waals surface area contributed by atoms with Crippen LogP contribution < -0.4 is 10.6 Å². The maximum atomic E-state index is 13.8. The molecule has 3 heterocycles. The molecule has 6 nitrogen and oxygen atoms in total. The zero-order valence-corrected chi connectivity index (χ0v) is 18.1. The van der Waals surface area contributed by atoms with Crippen molar-refractivity contribution < 1.29 is 18.0 Å². The molecule has 10 heteroatoms. The van der Waals surface area contributed by atoms with Crippen molar-refractivity contribution in [2.45, 2.75) is 44.9 Å². The first-order valence-corrected chi connectivity index (χ1v) is 10.9. The number of alkyl halides is 3. The molecular weight excluding hydrogens is 439 g/mol. The molecule has 1 aliphatic heterocycles. The zero-order chi connectivity index (χ0) is 23.0. The molecule has 0 fully saturated rings. The maximum absolute atomic E-state index is 13.8. The van der Waals surface area contributed by atoms with Gasteiger partial charge in [0.15, 0.2) is 6.04 Å². The van der Waals surface area contributed by atoms with Crippen LogP contribution in [0.4, 0.5) is 24.0 Å². The number of halogens is 3. The van der Waals surface area contributed by atoms with E-state index < -0.39 is 24.2 Å². The van der Waals surface area contributed by atoms with Crippen molar-refractivity contribution >= 4 is 28.1 Å². The molecule has 2 N–H and O–H groups in total. The van der Waals surface area contributed by atoms with Gasteiger partial charge in [0.05, 0.1) is 17.8 Å². The van der Waals surface area contributed by atoms with Gasteiger partial charge in [0.25, 0.3) is 5.91 Å². The Hall–Kier alpha value is -3.32. The summed E-state index contributed by atoms with van der Waals surface area (Å²) < 4.78 is 42.3. The second kappa shape index (κ2) is 8.31. The van der Waals surface area contributed by atoms with Crippen LogP contribution in [0, 0.1) is 18.3 Å². The average Bonchev–Trinajstić information content (AvgIpc) is 3.32. The Morgan fingerprint density at radius 1 is 1.38 bits per heavy atom. The molecule has 2 atom stereocenters. The highest BCUT2D eigenvalue weighted by Gasteiger charge is 2.47. The van der Waals surface area contributed by atoms with E-state index in [1.807, 2.05) is 13.8 Å². The summed E-state index contributed by atoms with van der Waals surface area (Å²) in [5.41, 5.74) is 1.92. The molecule has 0 radical (unpaired) electrons. The van der Waals surface area contributed by atoms with Gasteiger partial charge in [-0.1, -0.05) is 37.3 Å². The normalized spacial score (nSPS) is 17.9. The lowest BCUT2D eigenvalue weighted by atomic mass is 9.96. The number of aromatic nitrogens is 2. The molecule has 166 valence electrons. The number of benzene rings is 1. The van der Waals surface area contributed by atoms with Crippen molar-refractivity contribution in [1.82, 2.24) is 9.78 Å². The zero-order valence-electron chi connectivity index (χ0n) is 17.3. The van der Waals surface area contributed by atoms with Crippen LogP contribution >= 0.6 is 11.3 Å². The quantitative estimate of drug-likeness (QED) is 0.532. The first-order valence-electron chi connectivity index (χ1n) is 10.0. The van der Waals surface area contributed by atoms with Gasteiger partial charge < -0.3 is 10.6 Å². The van der Waals surface area contributed by atoms with Crippen LogP contribution in [0.25, 0.3) is 0 Å². The molecule has 0 spiro atoms. The molecule has 0 saturated carbocycles. The number of anilines is 2. The number of nitriles is 1. The van der Waals surface area contributed by atoms with Crippen molar-refractivity contribution in [3.63, 3.8) is 0 Å². The molecule has 4 rings (SSSR count). The number of amides is 1. The first-order chi connectivity index (χ1) is 15.2. The number of rotatable bonds is 4. The van der Waals surface area contributed by atoms with Crippen LogP contribution in [0.1, 0.15) is 57.4 Å². The van der Waals surface area contributed by atoms with E-state index in [0.29, 0.717) is 22.5 Å². The van der Waals surface area contributed by atoms with Gasteiger partial charge in [0, 0.05) is 11.3 Å².